The highest BCUT2D eigenvalue weighted by Crippen LogP contribution is 2.25. The van der Waals surface area contributed by atoms with Gasteiger partial charge in [-0.05, 0) is 18.5 Å². The fraction of sp³-hybridized carbons (Fsp3) is 0.286. The van der Waals surface area contributed by atoms with Crippen LogP contribution in [0.25, 0.3) is 0 Å². The number of aromatic amines is 1. The molecule has 2 aromatic heterocycles. The molecule has 0 aliphatic carbocycles. The maximum absolute atomic E-state index is 5.61. The normalized spacial score (nSPS) is 10.4. The second-order valence-electron chi connectivity index (χ2n) is 2.84. The predicted octanol–water partition coefficient (Wildman–Crippen LogP) is 0.764. The number of H-pyrrole nitrogens is 1. The Hall–Kier alpha value is -1.63. The van der Waals surface area contributed by atoms with E-state index in [0.717, 1.165) is 16.3 Å². The van der Waals surface area contributed by atoms with E-state index < -0.39 is 0 Å². The third kappa shape index (κ3) is 1.67. The van der Waals surface area contributed by atoms with Crippen molar-refractivity contribution in [3.63, 3.8) is 0 Å². The minimum atomic E-state index is 0.581. The van der Waals surface area contributed by atoms with Gasteiger partial charge in [-0.1, -0.05) is 0 Å². The predicted molar refractivity (Wildman–Crippen MR) is 55.0 cm³/mol. The molecule has 7 heteroatoms. The van der Waals surface area contributed by atoms with Gasteiger partial charge in [-0.3, -0.25) is 0 Å². The summed E-state index contributed by atoms with van der Waals surface area (Å²) in [5.41, 5.74) is 7.46. The molecule has 0 spiro atoms. The van der Waals surface area contributed by atoms with Gasteiger partial charge in [0.25, 0.3) is 0 Å². The van der Waals surface area contributed by atoms with Gasteiger partial charge in [-0.15, -0.1) is 0 Å². The lowest BCUT2D eigenvalue weighted by Gasteiger charge is -2.00. The third-order valence-corrected chi connectivity index (χ3v) is 2.78. The van der Waals surface area contributed by atoms with Crippen molar-refractivity contribution in [3.05, 3.63) is 17.5 Å². The zero-order valence-electron chi connectivity index (χ0n) is 7.61. The Morgan fingerprint density at radius 1 is 1.64 bits per heavy atom. The Kier molecular flexibility index (Phi) is 2.32. The van der Waals surface area contributed by atoms with Crippen molar-refractivity contribution in [2.24, 2.45) is 0 Å². The lowest BCUT2D eigenvalue weighted by Crippen LogP contribution is -1.99. The van der Waals surface area contributed by atoms with Gasteiger partial charge < -0.3 is 11.1 Å². The monoisotopic (exact) mass is 210 g/mol. The van der Waals surface area contributed by atoms with E-state index in [1.54, 1.807) is 6.20 Å². The second kappa shape index (κ2) is 3.62. The first kappa shape index (κ1) is 8.95. The summed E-state index contributed by atoms with van der Waals surface area (Å²) in [5.74, 6) is 0.581. The van der Waals surface area contributed by atoms with Crippen LogP contribution in [0.1, 0.15) is 11.3 Å². The number of anilines is 2. The summed E-state index contributed by atoms with van der Waals surface area (Å²) in [6.07, 6.45) is 1.67. The Morgan fingerprint density at radius 3 is 3.07 bits per heavy atom. The van der Waals surface area contributed by atoms with Gasteiger partial charge in [-0.25, -0.2) is 0 Å². The number of nitrogens with one attached hydrogen (secondary N) is 2. The molecule has 0 bridgehead atoms. The van der Waals surface area contributed by atoms with Crippen molar-refractivity contribution in [1.82, 2.24) is 19.8 Å². The first-order chi connectivity index (χ1) is 6.77. The van der Waals surface area contributed by atoms with E-state index in [9.17, 15) is 0 Å². The molecule has 0 saturated heterocycles. The van der Waals surface area contributed by atoms with Gasteiger partial charge in [0.1, 0.15) is 16.5 Å². The van der Waals surface area contributed by atoms with E-state index in [1.165, 1.54) is 11.5 Å². The van der Waals surface area contributed by atoms with Crippen LogP contribution in [0.4, 0.5) is 10.8 Å². The molecule has 2 aromatic rings. The van der Waals surface area contributed by atoms with E-state index in [-0.39, 0.29) is 0 Å². The van der Waals surface area contributed by atoms with Gasteiger partial charge in [0, 0.05) is 5.56 Å². The molecular formula is C7H10N6S. The largest absolute Gasteiger partial charge is 0.383 e. The van der Waals surface area contributed by atoms with Gasteiger partial charge in [-0.2, -0.15) is 19.8 Å². The smallest absolute Gasteiger partial charge is 0.142 e. The molecule has 0 atom stereocenters. The molecule has 14 heavy (non-hydrogen) atoms. The molecule has 0 amide bonds. The van der Waals surface area contributed by atoms with Crippen molar-refractivity contribution in [3.8, 4) is 0 Å². The molecule has 4 N–H and O–H groups in total. The lowest BCUT2D eigenvalue weighted by molar-refractivity contribution is 0.911. The Labute approximate surface area is 84.7 Å². The quantitative estimate of drug-likeness (QED) is 0.695. The molecule has 0 radical (unpaired) electrons. The van der Waals surface area contributed by atoms with Crippen molar-refractivity contribution >= 4 is 22.4 Å². The number of hydrogen-bond acceptors (Lipinski definition) is 6. The van der Waals surface area contributed by atoms with E-state index in [1.807, 2.05) is 6.92 Å². The average Bonchev–Trinajstić information content (AvgIpc) is 2.77. The molecule has 74 valence electrons. The highest BCUT2D eigenvalue weighted by molar-refractivity contribution is 7.10. The van der Waals surface area contributed by atoms with Crippen LogP contribution >= 0.6 is 11.5 Å². The zero-order valence-corrected chi connectivity index (χ0v) is 8.43. The van der Waals surface area contributed by atoms with Crippen LogP contribution in [0.3, 0.4) is 0 Å². The summed E-state index contributed by atoms with van der Waals surface area (Å²) < 4.78 is 4.03. The van der Waals surface area contributed by atoms with Crippen LogP contribution in [-0.4, -0.2) is 19.8 Å². The van der Waals surface area contributed by atoms with Gasteiger partial charge >= 0.3 is 0 Å². The van der Waals surface area contributed by atoms with Crippen LogP contribution < -0.4 is 11.1 Å². The first-order valence-electron chi connectivity index (χ1n) is 4.07. The van der Waals surface area contributed by atoms with Crippen LogP contribution in [-0.2, 0) is 6.54 Å². The van der Waals surface area contributed by atoms with Crippen molar-refractivity contribution in [1.29, 1.82) is 0 Å². The molecule has 0 saturated carbocycles. The Morgan fingerprint density at radius 2 is 2.50 bits per heavy atom. The van der Waals surface area contributed by atoms with Gasteiger partial charge in [0.15, 0.2) is 0 Å². The lowest BCUT2D eigenvalue weighted by atomic mass is 10.3. The number of hydrogen-bond donors (Lipinski definition) is 3. The minimum Gasteiger partial charge on any atom is -0.383 e. The third-order valence-electron chi connectivity index (χ3n) is 1.86. The van der Waals surface area contributed by atoms with Gasteiger partial charge in [0.2, 0.25) is 0 Å². The standard InChI is InChI=1S/C7H10N6S/c1-4-6(8)12-14-7(4)9-2-5-3-10-13-11-5/h3,9H,2H2,1H3,(H2,8,12)(H,10,11,13). The summed E-state index contributed by atoms with van der Waals surface area (Å²) in [6.45, 7) is 2.56. The van der Waals surface area contributed by atoms with E-state index in [0.29, 0.717) is 12.4 Å². The second-order valence-corrected chi connectivity index (χ2v) is 3.61. The zero-order chi connectivity index (χ0) is 9.97. The number of rotatable bonds is 3. The van der Waals surface area contributed by atoms with Gasteiger partial charge in [0.05, 0.1) is 12.7 Å². The molecule has 0 aromatic carbocycles. The van der Waals surface area contributed by atoms with Crippen LogP contribution in [0.15, 0.2) is 6.20 Å². The molecule has 6 nitrogen and oxygen atoms in total. The molecule has 0 aliphatic heterocycles. The minimum absolute atomic E-state index is 0.581. The summed E-state index contributed by atoms with van der Waals surface area (Å²) in [4.78, 5) is 0. The summed E-state index contributed by atoms with van der Waals surface area (Å²) in [5, 5.41) is 14.3. The summed E-state index contributed by atoms with van der Waals surface area (Å²) in [6, 6.07) is 0. The van der Waals surface area contributed by atoms with Crippen molar-refractivity contribution in [2.75, 3.05) is 11.1 Å². The summed E-state index contributed by atoms with van der Waals surface area (Å²) >= 11 is 1.35. The van der Waals surface area contributed by atoms with Crippen LogP contribution in [0.2, 0.25) is 0 Å². The topological polar surface area (TPSA) is 92.5 Å². The van der Waals surface area contributed by atoms with Crippen LogP contribution in [0, 0.1) is 6.92 Å². The highest BCUT2D eigenvalue weighted by Gasteiger charge is 2.06. The fourth-order valence-corrected chi connectivity index (χ4v) is 1.70. The van der Waals surface area contributed by atoms with Crippen LogP contribution in [0.5, 0.6) is 0 Å². The number of nitrogens with two attached hydrogens (primary N) is 1. The molecule has 0 fully saturated rings. The molecular weight excluding hydrogens is 200 g/mol. The number of nitrogens with zero attached hydrogens (tertiary/aromatic N) is 3. The van der Waals surface area contributed by atoms with Crippen molar-refractivity contribution in [2.45, 2.75) is 13.5 Å². The molecule has 0 aliphatic rings. The number of aromatic nitrogens is 4. The van der Waals surface area contributed by atoms with E-state index in [2.05, 4.69) is 25.1 Å². The van der Waals surface area contributed by atoms with Crippen molar-refractivity contribution < 1.29 is 0 Å². The van der Waals surface area contributed by atoms with E-state index in [4.69, 9.17) is 5.73 Å². The summed E-state index contributed by atoms with van der Waals surface area (Å²) in [7, 11) is 0. The molecule has 0 unspecified atom stereocenters. The maximum Gasteiger partial charge on any atom is 0.142 e. The van der Waals surface area contributed by atoms with E-state index >= 15 is 0 Å². The average molecular weight is 210 g/mol. The Bertz CT molecular complexity index is 406. The SMILES string of the molecule is Cc1c(N)nsc1NCc1cn[nH]n1. The Balaban J connectivity index is 2.02. The maximum atomic E-state index is 5.61. The first-order valence-corrected chi connectivity index (χ1v) is 4.85. The highest BCUT2D eigenvalue weighted by atomic mass is 32.1. The number of nitrogen functional groups attached to an aromatic ring is 1. The molecule has 2 heterocycles. The fourth-order valence-electron chi connectivity index (χ4n) is 0.994. The molecule has 2 rings (SSSR count).